The first kappa shape index (κ1) is 28.4. The molecule has 0 spiro atoms. The summed E-state index contributed by atoms with van der Waals surface area (Å²) in [5.74, 6) is -3.01. The van der Waals surface area contributed by atoms with E-state index in [-0.39, 0.29) is 12.3 Å². The lowest BCUT2D eigenvalue weighted by Crippen LogP contribution is -2.59. The van der Waals surface area contributed by atoms with Gasteiger partial charge in [-0.1, -0.05) is 20.3 Å². The van der Waals surface area contributed by atoms with Crippen LogP contribution in [0.3, 0.4) is 0 Å². The lowest BCUT2D eigenvalue weighted by atomic mass is 9.98. The maximum atomic E-state index is 12.9. The Kier molecular flexibility index (Phi) is 12.5. The van der Waals surface area contributed by atoms with Gasteiger partial charge in [0.05, 0.1) is 19.0 Å². The molecule has 13 heteroatoms. The number of rotatable bonds is 15. The first-order valence-electron chi connectivity index (χ1n) is 10.6. The fourth-order valence-electron chi connectivity index (χ4n) is 2.88. The third-order valence-electron chi connectivity index (χ3n) is 5.17. The highest BCUT2D eigenvalue weighted by molar-refractivity contribution is 7.98. The van der Waals surface area contributed by atoms with Crippen LogP contribution in [0.5, 0.6) is 0 Å². The number of aromatic nitrogens is 2. The molecule has 0 radical (unpaired) electrons. The molecular formula is C20H34N6O6S. The molecule has 1 aromatic rings. The van der Waals surface area contributed by atoms with Crippen molar-refractivity contribution in [1.29, 1.82) is 0 Å². The lowest BCUT2D eigenvalue weighted by molar-refractivity contribution is -0.143. The number of aromatic amines is 1. The average Bonchev–Trinajstić information content (AvgIpc) is 3.30. The van der Waals surface area contributed by atoms with E-state index in [1.165, 1.54) is 24.3 Å². The fourth-order valence-corrected chi connectivity index (χ4v) is 3.37. The van der Waals surface area contributed by atoms with Crippen LogP contribution in [0.15, 0.2) is 12.5 Å². The zero-order chi connectivity index (χ0) is 25.0. The van der Waals surface area contributed by atoms with Crippen LogP contribution in [0.1, 0.15) is 32.4 Å². The number of nitrogens with one attached hydrogen (secondary N) is 4. The number of H-pyrrole nitrogens is 1. The van der Waals surface area contributed by atoms with E-state index in [4.69, 9.17) is 5.73 Å². The molecule has 186 valence electrons. The third-order valence-corrected chi connectivity index (χ3v) is 5.82. The van der Waals surface area contributed by atoms with Crippen molar-refractivity contribution in [2.45, 2.75) is 57.3 Å². The molecule has 5 atom stereocenters. The molecule has 0 fully saturated rings. The molecule has 3 amide bonds. The number of aliphatic carboxylic acids is 1. The Morgan fingerprint density at radius 1 is 1.15 bits per heavy atom. The van der Waals surface area contributed by atoms with Crippen molar-refractivity contribution in [3.8, 4) is 0 Å². The van der Waals surface area contributed by atoms with E-state index in [0.717, 1.165) is 0 Å². The number of nitrogens with zero attached hydrogens (tertiary/aromatic N) is 1. The van der Waals surface area contributed by atoms with Crippen LogP contribution in [0.25, 0.3) is 0 Å². The maximum absolute atomic E-state index is 12.9. The number of carbonyl (C=O) groups excluding carboxylic acids is 3. The number of carboxylic acid groups (broad SMARTS) is 1. The van der Waals surface area contributed by atoms with Crippen LogP contribution >= 0.6 is 11.8 Å². The van der Waals surface area contributed by atoms with Gasteiger partial charge in [0.15, 0.2) is 0 Å². The van der Waals surface area contributed by atoms with Gasteiger partial charge in [-0.05, 0) is 24.3 Å². The minimum atomic E-state index is -1.33. The molecule has 0 aliphatic heterocycles. The highest BCUT2D eigenvalue weighted by atomic mass is 32.2. The van der Waals surface area contributed by atoms with Crippen molar-refractivity contribution in [1.82, 2.24) is 25.9 Å². The molecule has 8 N–H and O–H groups in total. The number of carboxylic acids is 1. The largest absolute Gasteiger partial charge is 0.480 e. The second-order valence-electron chi connectivity index (χ2n) is 7.68. The summed E-state index contributed by atoms with van der Waals surface area (Å²) in [6.07, 6.45) is 5.64. The number of aliphatic hydroxyl groups is 1. The fraction of sp³-hybridized carbons (Fsp3) is 0.650. The first-order chi connectivity index (χ1) is 15.6. The minimum Gasteiger partial charge on any atom is -0.480 e. The predicted molar refractivity (Wildman–Crippen MR) is 123 cm³/mol. The van der Waals surface area contributed by atoms with Crippen molar-refractivity contribution < 1.29 is 29.4 Å². The van der Waals surface area contributed by atoms with Gasteiger partial charge in [-0.2, -0.15) is 11.8 Å². The molecule has 5 unspecified atom stereocenters. The van der Waals surface area contributed by atoms with Gasteiger partial charge in [0.25, 0.3) is 0 Å². The number of hydrogen-bond donors (Lipinski definition) is 7. The highest BCUT2D eigenvalue weighted by Gasteiger charge is 2.32. The average molecular weight is 487 g/mol. The quantitative estimate of drug-likeness (QED) is 0.156. The minimum absolute atomic E-state index is 0.0102. The summed E-state index contributed by atoms with van der Waals surface area (Å²) in [5.41, 5.74) is 6.32. The molecule has 1 aromatic heterocycles. The summed E-state index contributed by atoms with van der Waals surface area (Å²) in [5, 5.41) is 26.4. The predicted octanol–water partition coefficient (Wildman–Crippen LogP) is -1.39. The lowest BCUT2D eigenvalue weighted by Gasteiger charge is -2.26. The molecule has 0 aromatic carbocycles. The Labute approximate surface area is 196 Å². The van der Waals surface area contributed by atoms with E-state index >= 15 is 0 Å². The van der Waals surface area contributed by atoms with Crippen LogP contribution in [-0.2, 0) is 25.6 Å². The summed E-state index contributed by atoms with van der Waals surface area (Å²) in [6, 6.07) is -4.51. The van der Waals surface area contributed by atoms with Crippen molar-refractivity contribution in [3.63, 3.8) is 0 Å². The Balaban J connectivity index is 2.94. The number of amides is 3. The van der Waals surface area contributed by atoms with Gasteiger partial charge in [0.2, 0.25) is 17.7 Å². The van der Waals surface area contributed by atoms with E-state index < -0.39 is 54.5 Å². The van der Waals surface area contributed by atoms with Crippen LogP contribution < -0.4 is 21.7 Å². The molecule has 0 saturated heterocycles. The summed E-state index contributed by atoms with van der Waals surface area (Å²) < 4.78 is 0. The second-order valence-corrected chi connectivity index (χ2v) is 8.67. The number of nitrogens with two attached hydrogens (primary N) is 1. The summed E-state index contributed by atoms with van der Waals surface area (Å²) in [7, 11) is 0. The standard InChI is InChI=1S/C20H34N6O6S/c1-4-11(2)16(20(31)32)26-18(29)14(7-12-8-22-10-23-12)24-19(30)15(9-27)25-17(28)13(21)5-6-33-3/h8,10-11,13-16,27H,4-7,9,21H2,1-3H3,(H,22,23)(H,24,30)(H,25,28)(H,26,29)(H,31,32). The van der Waals surface area contributed by atoms with Gasteiger partial charge in [0.1, 0.15) is 18.1 Å². The van der Waals surface area contributed by atoms with Crippen LogP contribution in [0, 0.1) is 5.92 Å². The highest BCUT2D eigenvalue weighted by Crippen LogP contribution is 2.09. The van der Waals surface area contributed by atoms with Gasteiger partial charge < -0.3 is 36.9 Å². The molecule has 1 rings (SSSR count). The van der Waals surface area contributed by atoms with Crippen LogP contribution in [0.4, 0.5) is 0 Å². The van der Waals surface area contributed by atoms with Crippen LogP contribution in [0.2, 0.25) is 0 Å². The molecule has 0 aliphatic carbocycles. The monoisotopic (exact) mass is 486 g/mol. The zero-order valence-corrected chi connectivity index (χ0v) is 19.9. The van der Waals surface area contributed by atoms with Gasteiger partial charge in [-0.25, -0.2) is 9.78 Å². The number of hydrogen-bond acceptors (Lipinski definition) is 8. The van der Waals surface area contributed by atoms with Gasteiger partial charge in [-0.15, -0.1) is 0 Å². The Hall–Kier alpha value is -2.64. The number of thioether (sulfide) groups is 1. The number of imidazole rings is 1. The molecular weight excluding hydrogens is 452 g/mol. The van der Waals surface area contributed by atoms with E-state index in [1.807, 2.05) is 6.26 Å². The number of aliphatic hydroxyl groups excluding tert-OH is 1. The molecule has 1 heterocycles. The molecule has 33 heavy (non-hydrogen) atoms. The SMILES string of the molecule is CCC(C)C(NC(=O)C(Cc1cnc[nH]1)NC(=O)C(CO)NC(=O)C(N)CCSC)C(=O)O. The summed E-state index contributed by atoms with van der Waals surface area (Å²) in [4.78, 5) is 56.2. The second kappa shape index (κ2) is 14.5. The molecule has 0 bridgehead atoms. The zero-order valence-electron chi connectivity index (χ0n) is 19.0. The topological polar surface area (TPSA) is 200 Å². The maximum Gasteiger partial charge on any atom is 0.326 e. The Bertz CT molecular complexity index is 777. The van der Waals surface area contributed by atoms with E-state index in [2.05, 4.69) is 25.9 Å². The van der Waals surface area contributed by atoms with E-state index in [9.17, 15) is 29.4 Å². The summed E-state index contributed by atoms with van der Waals surface area (Å²) >= 11 is 1.52. The van der Waals surface area contributed by atoms with Crippen molar-refractivity contribution >= 4 is 35.5 Å². The van der Waals surface area contributed by atoms with Crippen LogP contribution in [-0.4, -0.2) is 86.7 Å². The van der Waals surface area contributed by atoms with E-state index in [1.54, 1.807) is 13.8 Å². The van der Waals surface area contributed by atoms with E-state index in [0.29, 0.717) is 24.3 Å². The van der Waals surface area contributed by atoms with Gasteiger partial charge >= 0.3 is 5.97 Å². The Morgan fingerprint density at radius 3 is 2.30 bits per heavy atom. The smallest absolute Gasteiger partial charge is 0.326 e. The van der Waals surface area contributed by atoms with Crippen molar-refractivity contribution in [2.75, 3.05) is 18.6 Å². The van der Waals surface area contributed by atoms with Gasteiger partial charge in [0, 0.05) is 18.3 Å². The van der Waals surface area contributed by atoms with Crippen molar-refractivity contribution in [2.24, 2.45) is 11.7 Å². The third kappa shape index (κ3) is 9.40. The summed E-state index contributed by atoms with van der Waals surface area (Å²) in [6.45, 7) is 2.78. The molecule has 0 aliphatic rings. The number of carbonyl (C=O) groups is 4. The Morgan fingerprint density at radius 2 is 1.79 bits per heavy atom. The molecule has 12 nitrogen and oxygen atoms in total. The van der Waals surface area contributed by atoms with Gasteiger partial charge in [-0.3, -0.25) is 14.4 Å². The molecule has 0 saturated carbocycles. The van der Waals surface area contributed by atoms with Crippen molar-refractivity contribution in [3.05, 3.63) is 18.2 Å². The normalized spacial score (nSPS) is 15.5. The first-order valence-corrected chi connectivity index (χ1v) is 12.0.